The van der Waals surface area contributed by atoms with Crippen LogP contribution in [-0.2, 0) is 0 Å². The van der Waals surface area contributed by atoms with Gasteiger partial charge in [0.2, 0.25) is 5.88 Å². The predicted octanol–water partition coefficient (Wildman–Crippen LogP) is 0.632. The summed E-state index contributed by atoms with van der Waals surface area (Å²) in [5.41, 5.74) is 5.25. The van der Waals surface area contributed by atoms with E-state index >= 15 is 0 Å². The van der Waals surface area contributed by atoms with Gasteiger partial charge in [-0.05, 0) is 13.0 Å². The first-order valence-electron chi connectivity index (χ1n) is 4.16. The second-order valence-corrected chi connectivity index (χ2v) is 2.62. The number of nitriles is 1. The third-order valence-electron chi connectivity index (χ3n) is 1.65. The summed E-state index contributed by atoms with van der Waals surface area (Å²) in [6.45, 7) is 2.05. The van der Waals surface area contributed by atoms with E-state index < -0.39 is 5.97 Å². The Labute approximate surface area is 85.9 Å². The quantitative estimate of drug-likeness (QED) is 0.752. The Morgan fingerprint density at radius 1 is 1.80 bits per heavy atom. The number of carboxylic acid groups (broad SMARTS) is 1. The van der Waals surface area contributed by atoms with Crippen LogP contribution in [0.4, 0.5) is 5.82 Å². The number of nitrogen functional groups attached to an aromatic ring is 1. The fourth-order valence-corrected chi connectivity index (χ4v) is 1.01. The summed E-state index contributed by atoms with van der Waals surface area (Å²) in [4.78, 5) is 14.4. The molecule has 6 nitrogen and oxygen atoms in total. The second-order valence-electron chi connectivity index (χ2n) is 2.62. The van der Waals surface area contributed by atoms with Gasteiger partial charge in [0.25, 0.3) is 0 Å². The molecule has 0 aromatic carbocycles. The summed E-state index contributed by atoms with van der Waals surface area (Å²) in [6.07, 6.45) is 0. The normalized spacial score (nSPS) is 9.33. The molecule has 0 saturated carbocycles. The third kappa shape index (κ3) is 2.14. The molecule has 3 N–H and O–H groups in total. The Morgan fingerprint density at radius 3 is 2.93 bits per heavy atom. The van der Waals surface area contributed by atoms with Crippen molar-refractivity contribution in [3.8, 4) is 11.9 Å². The van der Waals surface area contributed by atoms with Crippen LogP contribution in [-0.4, -0.2) is 22.7 Å². The lowest BCUT2D eigenvalue weighted by Gasteiger charge is -2.06. The van der Waals surface area contributed by atoms with Crippen molar-refractivity contribution in [3.05, 3.63) is 17.2 Å². The number of aromatic nitrogens is 1. The van der Waals surface area contributed by atoms with Gasteiger partial charge < -0.3 is 15.6 Å². The molecule has 0 unspecified atom stereocenters. The highest BCUT2D eigenvalue weighted by molar-refractivity contribution is 5.93. The highest BCUT2D eigenvalue weighted by Crippen LogP contribution is 2.20. The molecule has 0 amide bonds. The van der Waals surface area contributed by atoms with Crippen LogP contribution in [0.5, 0.6) is 5.88 Å². The lowest BCUT2D eigenvalue weighted by molar-refractivity contribution is 0.0697. The van der Waals surface area contributed by atoms with E-state index in [0.29, 0.717) is 6.61 Å². The molecule has 0 bridgehead atoms. The van der Waals surface area contributed by atoms with Crippen molar-refractivity contribution >= 4 is 11.8 Å². The van der Waals surface area contributed by atoms with Crippen molar-refractivity contribution in [1.82, 2.24) is 4.98 Å². The molecular formula is C9H9N3O3. The number of hydrogen-bond acceptors (Lipinski definition) is 5. The maximum absolute atomic E-state index is 10.7. The van der Waals surface area contributed by atoms with Crippen LogP contribution in [0.3, 0.4) is 0 Å². The highest BCUT2D eigenvalue weighted by Gasteiger charge is 2.15. The Bertz CT molecular complexity index is 437. The van der Waals surface area contributed by atoms with Gasteiger partial charge >= 0.3 is 5.97 Å². The first-order valence-corrected chi connectivity index (χ1v) is 4.16. The minimum absolute atomic E-state index is 0.0579. The molecular weight excluding hydrogens is 198 g/mol. The zero-order valence-electron chi connectivity index (χ0n) is 8.02. The average molecular weight is 207 g/mol. The maximum atomic E-state index is 10.7. The van der Waals surface area contributed by atoms with E-state index in [0.717, 1.165) is 6.07 Å². The monoisotopic (exact) mass is 207 g/mol. The molecule has 1 heterocycles. The van der Waals surface area contributed by atoms with E-state index in [9.17, 15) is 4.79 Å². The molecule has 1 aromatic rings. The Kier molecular flexibility index (Phi) is 3.08. The number of rotatable bonds is 3. The smallest absolute Gasteiger partial charge is 0.339 e. The molecule has 6 heteroatoms. The summed E-state index contributed by atoms with van der Waals surface area (Å²) >= 11 is 0. The lowest BCUT2D eigenvalue weighted by Crippen LogP contribution is -2.08. The molecule has 0 spiro atoms. The van der Waals surface area contributed by atoms with Gasteiger partial charge in [-0.3, -0.25) is 0 Å². The van der Waals surface area contributed by atoms with Crippen molar-refractivity contribution in [1.29, 1.82) is 5.26 Å². The minimum atomic E-state index is -1.22. The van der Waals surface area contributed by atoms with Gasteiger partial charge in [0, 0.05) is 0 Å². The van der Waals surface area contributed by atoms with Crippen LogP contribution >= 0.6 is 0 Å². The fourth-order valence-electron chi connectivity index (χ4n) is 1.01. The number of hydrogen-bond donors (Lipinski definition) is 2. The van der Waals surface area contributed by atoms with E-state index in [4.69, 9.17) is 20.8 Å². The second kappa shape index (κ2) is 4.28. The molecule has 0 atom stereocenters. The summed E-state index contributed by atoms with van der Waals surface area (Å²) in [6, 6.07) is 2.94. The maximum Gasteiger partial charge on any atom is 0.339 e. The summed E-state index contributed by atoms with van der Waals surface area (Å²) in [5.74, 6) is -1.33. The van der Waals surface area contributed by atoms with Gasteiger partial charge in [-0.1, -0.05) is 0 Å². The van der Waals surface area contributed by atoms with E-state index in [1.54, 1.807) is 13.0 Å². The van der Waals surface area contributed by atoms with Crippen molar-refractivity contribution in [2.75, 3.05) is 12.3 Å². The molecule has 0 fully saturated rings. The number of nitrogens with zero attached hydrogens (tertiary/aromatic N) is 2. The zero-order chi connectivity index (χ0) is 11.4. The van der Waals surface area contributed by atoms with Crippen molar-refractivity contribution in [2.45, 2.75) is 6.92 Å². The Balaban J connectivity index is 3.30. The Hall–Kier alpha value is -2.29. The lowest BCUT2D eigenvalue weighted by atomic mass is 10.2. The summed E-state index contributed by atoms with van der Waals surface area (Å²) in [5, 5.41) is 17.5. The van der Waals surface area contributed by atoms with Gasteiger partial charge in [0.1, 0.15) is 23.0 Å². The molecule has 15 heavy (non-hydrogen) atoms. The number of nitrogens with two attached hydrogens (primary N) is 1. The van der Waals surface area contributed by atoms with Crippen molar-refractivity contribution in [3.63, 3.8) is 0 Å². The number of carbonyl (C=O) groups is 1. The standard InChI is InChI=1S/C9H9N3O3/c1-2-15-8-5(4-10)3-6(9(13)14)7(11)12-8/h3H,2H2,1H3,(H2,11,12)(H,13,14). The largest absolute Gasteiger partial charge is 0.478 e. The topological polar surface area (TPSA) is 109 Å². The summed E-state index contributed by atoms with van der Waals surface area (Å²) < 4.78 is 5.04. The van der Waals surface area contributed by atoms with Crippen LogP contribution in [0.15, 0.2) is 6.07 Å². The molecule has 0 aliphatic heterocycles. The predicted molar refractivity (Wildman–Crippen MR) is 51.5 cm³/mol. The zero-order valence-corrected chi connectivity index (χ0v) is 8.02. The van der Waals surface area contributed by atoms with Gasteiger partial charge in [-0.2, -0.15) is 10.2 Å². The van der Waals surface area contributed by atoms with E-state index in [1.807, 2.05) is 0 Å². The van der Waals surface area contributed by atoms with Gasteiger partial charge in [-0.25, -0.2) is 4.79 Å². The van der Waals surface area contributed by atoms with Crippen LogP contribution in [0.2, 0.25) is 0 Å². The molecule has 1 rings (SSSR count). The highest BCUT2D eigenvalue weighted by atomic mass is 16.5. The first kappa shape index (κ1) is 10.8. The van der Waals surface area contributed by atoms with Crippen molar-refractivity contribution in [2.24, 2.45) is 0 Å². The van der Waals surface area contributed by atoms with Gasteiger partial charge in [-0.15, -0.1) is 0 Å². The first-order chi connectivity index (χ1) is 7.10. The molecule has 1 aromatic heterocycles. The SMILES string of the molecule is CCOc1nc(N)c(C(=O)O)cc1C#N. The van der Waals surface area contributed by atoms with Gasteiger partial charge in [0.15, 0.2) is 0 Å². The minimum Gasteiger partial charge on any atom is -0.478 e. The number of carboxylic acids is 1. The molecule has 0 aliphatic rings. The molecule has 78 valence electrons. The van der Waals surface area contributed by atoms with Crippen LogP contribution in [0, 0.1) is 11.3 Å². The average Bonchev–Trinajstić information content (AvgIpc) is 2.18. The number of ether oxygens (including phenoxy) is 1. The molecule has 0 aliphatic carbocycles. The Morgan fingerprint density at radius 2 is 2.47 bits per heavy atom. The molecule has 0 saturated heterocycles. The number of aromatic carboxylic acids is 1. The van der Waals surface area contributed by atoms with E-state index in [-0.39, 0.29) is 22.8 Å². The third-order valence-corrected chi connectivity index (χ3v) is 1.65. The number of pyridine rings is 1. The van der Waals surface area contributed by atoms with Crippen LogP contribution < -0.4 is 10.5 Å². The van der Waals surface area contributed by atoms with Crippen LogP contribution in [0.1, 0.15) is 22.8 Å². The van der Waals surface area contributed by atoms with Gasteiger partial charge in [0.05, 0.1) is 6.61 Å². The van der Waals surface area contributed by atoms with E-state index in [1.165, 1.54) is 0 Å². The molecule has 0 radical (unpaired) electrons. The number of anilines is 1. The summed E-state index contributed by atoms with van der Waals surface area (Å²) in [7, 11) is 0. The van der Waals surface area contributed by atoms with Crippen LogP contribution in [0.25, 0.3) is 0 Å². The van der Waals surface area contributed by atoms with E-state index in [2.05, 4.69) is 4.98 Å². The van der Waals surface area contributed by atoms with Crippen molar-refractivity contribution < 1.29 is 14.6 Å². The fraction of sp³-hybridized carbons (Fsp3) is 0.222.